The monoisotopic (exact) mass is 225 g/mol. The Hall–Kier alpha value is -1.23. The second-order valence-electron chi connectivity index (χ2n) is 2.20. The molecule has 2 aromatic rings. The van der Waals surface area contributed by atoms with Gasteiger partial charge < -0.3 is 0 Å². The maximum absolute atomic E-state index is 10.6. The standard InChI is InChI=1S/C7H4BrN3O/c8-6-5(4-12)11-3-1-2-9-7(11)10-6/h1-4H. The van der Waals surface area contributed by atoms with Crippen LogP contribution in [-0.4, -0.2) is 20.7 Å². The zero-order valence-electron chi connectivity index (χ0n) is 5.94. The Balaban J connectivity index is 2.90. The number of aldehydes is 1. The summed E-state index contributed by atoms with van der Waals surface area (Å²) in [5.41, 5.74) is 0.484. The third-order valence-corrected chi connectivity index (χ3v) is 2.09. The maximum Gasteiger partial charge on any atom is 0.235 e. The van der Waals surface area contributed by atoms with E-state index in [2.05, 4.69) is 25.9 Å². The first kappa shape index (κ1) is 7.42. The van der Waals surface area contributed by atoms with E-state index in [0.717, 1.165) is 6.29 Å². The lowest BCUT2D eigenvalue weighted by Crippen LogP contribution is -1.91. The molecule has 0 radical (unpaired) electrons. The van der Waals surface area contributed by atoms with Gasteiger partial charge in [0.2, 0.25) is 5.78 Å². The molecule has 0 aliphatic heterocycles. The maximum atomic E-state index is 10.6. The highest BCUT2D eigenvalue weighted by atomic mass is 79.9. The molecule has 0 fully saturated rings. The van der Waals surface area contributed by atoms with Gasteiger partial charge in [0.25, 0.3) is 0 Å². The van der Waals surface area contributed by atoms with E-state index in [1.807, 2.05) is 0 Å². The number of imidazole rings is 1. The van der Waals surface area contributed by atoms with Crippen LogP contribution in [0.2, 0.25) is 0 Å². The van der Waals surface area contributed by atoms with Gasteiger partial charge in [0.05, 0.1) is 0 Å². The number of aromatic nitrogens is 3. The van der Waals surface area contributed by atoms with Crippen LogP contribution in [0.4, 0.5) is 0 Å². The second-order valence-corrected chi connectivity index (χ2v) is 2.95. The Morgan fingerprint density at radius 1 is 1.58 bits per heavy atom. The molecule has 0 saturated carbocycles. The molecule has 0 aliphatic carbocycles. The fourth-order valence-corrected chi connectivity index (χ4v) is 1.43. The first-order valence-corrected chi connectivity index (χ1v) is 4.06. The van der Waals surface area contributed by atoms with Gasteiger partial charge in [-0.3, -0.25) is 9.20 Å². The SMILES string of the molecule is O=Cc1c(Br)nc2ncccn12. The summed E-state index contributed by atoms with van der Waals surface area (Å²) in [5, 5.41) is 0. The third kappa shape index (κ3) is 0.937. The number of hydrogen-bond donors (Lipinski definition) is 0. The first-order chi connectivity index (χ1) is 5.83. The summed E-state index contributed by atoms with van der Waals surface area (Å²) >= 11 is 3.17. The zero-order valence-corrected chi connectivity index (χ0v) is 7.52. The molecule has 2 rings (SSSR count). The Kier molecular flexibility index (Phi) is 1.65. The average Bonchev–Trinajstić information content (AvgIpc) is 2.40. The van der Waals surface area contributed by atoms with E-state index in [0.29, 0.717) is 16.1 Å². The molecule has 5 heteroatoms. The Bertz CT molecular complexity index is 437. The topological polar surface area (TPSA) is 47.3 Å². The highest BCUT2D eigenvalue weighted by molar-refractivity contribution is 9.10. The Labute approximate surface area is 76.4 Å². The minimum absolute atomic E-state index is 0.484. The summed E-state index contributed by atoms with van der Waals surface area (Å²) in [6, 6.07) is 1.74. The van der Waals surface area contributed by atoms with E-state index >= 15 is 0 Å². The highest BCUT2D eigenvalue weighted by Gasteiger charge is 2.07. The molecule has 60 valence electrons. The van der Waals surface area contributed by atoms with Crippen molar-refractivity contribution in [2.75, 3.05) is 0 Å². The summed E-state index contributed by atoms with van der Waals surface area (Å²) in [6.07, 6.45) is 4.11. The van der Waals surface area contributed by atoms with Crippen LogP contribution in [-0.2, 0) is 0 Å². The van der Waals surface area contributed by atoms with Gasteiger partial charge in [-0.15, -0.1) is 0 Å². The quantitative estimate of drug-likeness (QED) is 0.688. The summed E-state index contributed by atoms with van der Waals surface area (Å²) in [6.45, 7) is 0. The number of carbonyl (C=O) groups is 1. The molecule has 12 heavy (non-hydrogen) atoms. The number of rotatable bonds is 1. The summed E-state index contributed by atoms with van der Waals surface area (Å²) in [5.74, 6) is 0.520. The van der Waals surface area contributed by atoms with E-state index in [4.69, 9.17) is 0 Å². The van der Waals surface area contributed by atoms with Crippen LogP contribution in [0.5, 0.6) is 0 Å². The van der Waals surface area contributed by atoms with E-state index < -0.39 is 0 Å². The molecule has 4 nitrogen and oxygen atoms in total. The molecule has 0 atom stereocenters. The van der Waals surface area contributed by atoms with E-state index in [-0.39, 0.29) is 0 Å². The molecule has 0 N–H and O–H groups in total. The molecular weight excluding hydrogens is 222 g/mol. The van der Waals surface area contributed by atoms with Crippen molar-refractivity contribution in [3.63, 3.8) is 0 Å². The van der Waals surface area contributed by atoms with E-state index in [9.17, 15) is 4.79 Å². The van der Waals surface area contributed by atoms with E-state index in [1.165, 1.54) is 0 Å². The fourth-order valence-electron chi connectivity index (χ4n) is 0.984. The second kappa shape index (κ2) is 2.67. The van der Waals surface area contributed by atoms with Crippen LogP contribution in [0.1, 0.15) is 10.5 Å². The lowest BCUT2D eigenvalue weighted by atomic mass is 10.5. The van der Waals surface area contributed by atoms with Gasteiger partial charge in [-0.1, -0.05) is 0 Å². The van der Waals surface area contributed by atoms with Crippen molar-refractivity contribution in [1.29, 1.82) is 0 Å². The normalized spacial score (nSPS) is 10.4. The molecule has 0 bridgehead atoms. The molecule has 0 saturated heterocycles. The van der Waals surface area contributed by atoms with Crippen molar-refractivity contribution in [3.8, 4) is 0 Å². The van der Waals surface area contributed by atoms with Gasteiger partial charge in [0.15, 0.2) is 6.29 Å². The summed E-state index contributed by atoms with van der Waals surface area (Å²) in [7, 11) is 0. The number of hydrogen-bond acceptors (Lipinski definition) is 3. The number of nitrogens with zero attached hydrogens (tertiary/aromatic N) is 3. The molecule has 0 spiro atoms. The van der Waals surface area contributed by atoms with Gasteiger partial charge >= 0.3 is 0 Å². The summed E-state index contributed by atoms with van der Waals surface area (Å²) in [4.78, 5) is 18.6. The van der Waals surface area contributed by atoms with Crippen LogP contribution in [0.15, 0.2) is 23.1 Å². The predicted molar refractivity (Wildman–Crippen MR) is 46.1 cm³/mol. The zero-order chi connectivity index (χ0) is 8.55. The lowest BCUT2D eigenvalue weighted by molar-refractivity contribution is 0.111. The van der Waals surface area contributed by atoms with Crippen molar-refractivity contribution in [2.45, 2.75) is 0 Å². The van der Waals surface area contributed by atoms with Crippen molar-refractivity contribution in [2.24, 2.45) is 0 Å². The van der Waals surface area contributed by atoms with Crippen LogP contribution >= 0.6 is 15.9 Å². The van der Waals surface area contributed by atoms with Crippen molar-refractivity contribution in [3.05, 3.63) is 28.8 Å². The third-order valence-electron chi connectivity index (χ3n) is 1.51. The Morgan fingerprint density at radius 2 is 2.42 bits per heavy atom. The minimum atomic E-state index is 0.484. The van der Waals surface area contributed by atoms with Crippen molar-refractivity contribution < 1.29 is 4.79 Å². The largest absolute Gasteiger partial charge is 0.296 e. The fraction of sp³-hybridized carbons (Fsp3) is 0. The van der Waals surface area contributed by atoms with Gasteiger partial charge in [0, 0.05) is 12.4 Å². The number of carbonyl (C=O) groups excluding carboxylic acids is 1. The van der Waals surface area contributed by atoms with Gasteiger partial charge in [-0.05, 0) is 22.0 Å². The van der Waals surface area contributed by atoms with Crippen LogP contribution in [0.25, 0.3) is 5.78 Å². The molecule has 0 amide bonds. The van der Waals surface area contributed by atoms with Crippen molar-refractivity contribution >= 4 is 28.0 Å². The molecule has 2 aromatic heterocycles. The summed E-state index contributed by atoms with van der Waals surface area (Å²) < 4.78 is 2.15. The van der Waals surface area contributed by atoms with Crippen LogP contribution in [0, 0.1) is 0 Å². The van der Waals surface area contributed by atoms with Crippen LogP contribution in [0.3, 0.4) is 0 Å². The van der Waals surface area contributed by atoms with E-state index in [1.54, 1.807) is 22.9 Å². The average molecular weight is 226 g/mol. The van der Waals surface area contributed by atoms with Crippen molar-refractivity contribution in [1.82, 2.24) is 14.4 Å². The van der Waals surface area contributed by atoms with Gasteiger partial charge in [-0.25, -0.2) is 9.97 Å². The highest BCUT2D eigenvalue weighted by Crippen LogP contribution is 2.14. The number of halogens is 1. The molecule has 0 aromatic carbocycles. The van der Waals surface area contributed by atoms with Gasteiger partial charge in [-0.2, -0.15) is 0 Å². The predicted octanol–water partition coefficient (Wildman–Crippen LogP) is 1.30. The smallest absolute Gasteiger partial charge is 0.235 e. The molecule has 2 heterocycles. The molecule has 0 aliphatic rings. The molecular formula is C7H4BrN3O. The minimum Gasteiger partial charge on any atom is -0.296 e. The first-order valence-electron chi connectivity index (χ1n) is 3.26. The van der Waals surface area contributed by atoms with Crippen LogP contribution < -0.4 is 0 Å². The lowest BCUT2D eigenvalue weighted by Gasteiger charge is -1.90. The molecule has 0 unspecified atom stereocenters. The van der Waals surface area contributed by atoms with Gasteiger partial charge in [0.1, 0.15) is 10.3 Å². The Morgan fingerprint density at radius 3 is 3.17 bits per heavy atom. The number of fused-ring (bicyclic) bond motifs is 1.